The lowest BCUT2D eigenvalue weighted by atomic mass is 10.2. The van der Waals surface area contributed by atoms with Gasteiger partial charge in [0, 0.05) is 46.8 Å². The van der Waals surface area contributed by atoms with E-state index in [2.05, 4.69) is 33.1 Å². The fraction of sp³-hybridized carbons (Fsp3) is 0.579. The number of guanidine groups is 1. The molecule has 0 aliphatic carbocycles. The van der Waals surface area contributed by atoms with E-state index in [0.717, 1.165) is 56.5 Å². The minimum atomic E-state index is 0. The number of methoxy groups -OCH3 is 1. The standard InChI is InChI=1S/C19H31N5O2.HI/c1-5-10-20-19(21-15-18(25)22(2)3)24-13-11-23(12-14-24)16-8-6-7-9-17(16)26-4;/h6-9H,5,10-15H2,1-4H3,(H,20,21);1H. The van der Waals surface area contributed by atoms with Gasteiger partial charge in [0.2, 0.25) is 5.91 Å². The number of anilines is 1. The van der Waals surface area contributed by atoms with Crippen molar-refractivity contribution in [1.29, 1.82) is 0 Å². The normalized spacial score (nSPS) is 14.4. The summed E-state index contributed by atoms with van der Waals surface area (Å²) >= 11 is 0. The first kappa shape index (κ1) is 23.3. The minimum Gasteiger partial charge on any atom is -0.495 e. The predicted molar refractivity (Wildman–Crippen MR) is 121 cm³/mol. The van der Waals surface area contributed by atoms with Gasteiger partial charge in [-0.15, -0.1) is 24.0 Å². The number of rotatable bonds is 6. The van der Waals surface area contributed by atoms with E-state index in [1.54, 1.807) is 26.1 Å². The third kappa shape index (κ3) is 6.75. The van der Waals surface area contributed by atoms with Crippen LogP contribution in [0, 0.1) is 0 Å². The SMILES string of the molecule is CCCNC(=NCC(=O)N(C)C)N1CCN(c2ccccc2OC)CC1.I. The summed E-state index contributed by atoms with van der Waals surface area (Å²) in [7, 11) is 5.21. The lowest BCUT2D eigenvalue weighted by molar-refractivity contribution is -0.127. The molecule has 1 amide bonds. The highest BCUT2D eigenvalue weighted by molar-refractivity contribution is 14.0. The van der Waals surface area contributed by atoms with Gasteiger partial charge >= 0.3 is 0 Å². The number of ether oxygens (including phenoxy) is 1. The Balaban J connectivity index is 0.00000364. The van der Waals surface area contributed by atoms with Gasteiger partial charge in [-0.2, -0.15) is 0 Å². The Bertz CT molecular complexity index is 616. The molecule has 2 rings (SSSR count). The molecule has 0 unspecified atom stereocenters. The minimum absolute atomic E-state index is 0. The molecule has 0 aromatic heterocycles. The smallest absolute Gasteiger partial charge is 0.243 e. The van der Waals surface area contributed by atoms with Gasteiger partial charge in [-0.05, 0) is 18.6 Å². The lowest BCUT2D eigenvalue weighted by Gasteiger charge is -2.38. The molecule has 152 valence electrons. The summed E-state index contributed by atoms with van der Waals surface area (Å²) < 4.78 is 5.48. The van der Waals surface area contributed by atoms with Crippen LogP contribution in [0.4, 0.5) is 5.69 Å². The monoisotopic (exact) mass is 489 g/mol. The van der Waals surface area contributed by atoms with Gasteiger partial charge in [0.15, 0.2) is 5.96 Å². The number of halogens is 1. The van der Waals surface area contributed by atoms with E-state index in [9.17, 15) is 4.79 Å². The second-order valence-electron chi connectivity index (χ2n) is 6.50. The van der Waals surface area contributed by atoms with Crippen molar-refractivity contribution in [2.75, 3.05) is 65.4 Å². The van der Waals surface area contributed by atoms with Gasteiger partial charge in [-0.3, -0.25) is 4.79 Å². The number of hydrogen-bond acceptors (Lipinski definition) is 4. The van der Waals surface area contributed by atoms with Gasteiger partial charge in [-0.1, -0.05) is 19.1 Å². The van der Waals surface area contributed by atoms with Crippen molar-refractivity contribution in [2.45, 2.75) is 13.3 Å². The van der Waals surface area contributed by atoms with Crippen LogP contribution in [0.25, 0.3) is 0 Å². The summed E-state index contributed by atoms with van der Waals surface area (Å²) in [4.78, 5) is 22.5. The Morgan fingerprint density at radius 2 is 1.89 bits per heavy atom. The zero-order chi connectivity index (χ0) is 18.9. The molecule has 1 aliphatic rings. The van der Waals surface area contributed by atoms with Gasteiger partial charge in [0.25, 0.3) is 0 Å². The topological polar surface area (TPSA) is 60.4 Å². The average molecular weight is 489 g/mol. The first-order chi connectivity index (χ1) is 12.6. The van der Waals surface area contributed by atoms with Crippen LogP contribution in [0.3, 0.4) is 0 Å². The highest BCUT2D eigenvalue weighted by Gasteiger charge is 2.22. The molecule has 1 heterocycles. The molecule has 1 fully saturated rings. The third-order valence-corrected chi connectivity index (χ3v) is 4.40. The van der Waals surface area contributed by atoms with E-state index in [1.165, 1.54) is 0 Å². The highest BCUT2D eigenvalue weighted by Crippen LogP contribution is 2.28. The number of amides is 1. The number of nitrogens with zero attached hydrogens (tertiary/aromatic N) is 4. The molecule has 0 radical (unpaired) electrons. The first-order valence-electron chi connectivity index (χ1n) is 9.18. The number of likely N-dealkylation sites (N-methyl/N-ethyl adjacent to an activating group) is 1. The van der Waals surface area contributed by atoms with Crippen molar-refractivity contribution in [3.05, 3.63) is 24.3 Å². The zero-order valence-corrected chi connectivity index (χ0v) is 19.1. The van der Waals surface area contributed by atoms with Gasteiger partial charge in [0.05, 0.1) is 12.8 Å². The lowest BCUT2D eigenvalue weighted by Crippen LogP contribution is -2.53. The second-order valence-corrected chi connectivity index (χ2v) is 6.50. The van der Waals surface area contributed by atoms with E-state index in [1.807, 2.05) is 18.2 Å². The number of piperazine rings is 1. The van der Waals surface area contributed by atoms with Gasteiger partial charge in [0.1, 0.15) is 12.3 Å². The number of nitrogens with one attached hydrogen (secondary N) is 1. The maximum absolute atomic E-state index is 11.9. The summed E-state index contributed by atoms with van der Waals surface area (Å²) in [6, 6.07) is 8.10. The van der Waals surface area contributed by atoms with Crippen molar-refractivity contribution in [3.8, 4) is 5.75 Å². The van der Waals surface area contributed by atoms with Crippen molar-refractivity contribution in [1.82, 2.24) is 15.1 Å². The number of aliphatic imine (C=N–C) groups is 1. The number of carbonyl (C=O) groups excluding carboxylic acids is 1. The van der Waals surface area contributed by atoms with Crippen LogP contribution in [-0.2, 0) is 4.79 Å². The van der Waals surface area contributed by atoms with Crippen molar-refractivity contribution < 1.29 is 9.53 Å². The molecular formula is C19H32IN5O2. The first-order valence-corrected chi connectivity index (χ1v) is 9.18. The molecule has 27 heavy (non-hydrogen) atoms. The molecule has 7 nitrogen and oxygen atoms in total. The van der Waals surface area contributed by atoms with Crippen LogP contribution >= 0.6 is 24.0 Å². The number of para-hydroxylation sites is 2. The van der Waals surface area contributed by atoms with Gasteiger partial charge < -0.3 is 24.8 Å². The largest absolute Gasteiger partial charge is 0.495 e. The summed E-state index contributed by atoms with van der Waals surface area (Å²) in [5.74, 6) is 1.73. The maximum atomic E-state index is 11.9. The molecular weight excluding hydrogens is 457 g/mol. The summed E-state index contributed by atoms with van der Waals surface area (Å²) in [6.07, 6.45) is 1.02. The fourth-order valence-corrected chi connectivity index (χ4v) is 2.84. The van der Waals surface area contributed by atoms with Crippen molar-refractivity contribution in [2.24, 2.45) is 4.99 Å². The Labute approximate surface area is 179 Å². The van der Waals surface area contributed by atoms with E-state index in [4.69, 9.17) is 4.74 Å². The molecule has 0 atom stereocenters. The Morgan fingerprint density at radius 1 is 1.22 bits per heavy atom. The number of carbonyl (C=O) groups is 1. The third-order valence-electron chi connectivity index (χ3n) is 4.40. The Kier molecular flexibility index (Phi) is 10.3. The highest BCUT2D eigenvalue weighted by atomic mass is 127. The summed E-state index contributed by atoms with van der Waals surface area (Å²) in [6.45, 7) is 6.61. The van der Waals surface area contributed by atoms with E-state index in [0.29, 0.717) is 0 Å². The van der Waals surface area contributed by atoms with E-state index >= 15 is 0 Å². The molecule has 1 aromatic rings. The van der Waals surface area contributed by atoms with Crippen molar-refractivity contribution >= 4 is 41.5 Å². The fourth-order valence-electron chi connectivity index (χ4n) is 2.84. The molecule has 1 aromatic carbocycles. The second kappa shape index (κ2) is 11.9. The maximum Gasteiger partial charge on any atom is 0.243 e. The molecule has 0 saturated carbocycles. The molecule has 0 spiro atoms. The number of hydrogen-bond donors (Lipinski definition) is 1. The molecule has 8 heteroatoms. The van der Waals surface area contributed by atoms with Gasteiger partial charge in [-0.25, -0.2) is 4.99 Å². The predicted octanol–water partition coefficient (Wildman–Crippen LogP) is 1.88. The van der Waals surface area contributed by atoms with Crippen LogP contribution < -0.4 is 15.0 Å². The van der Waals surface area contributed by atoms with Crippen LogP contribution in [-0.4, -0.2) is 82.1 Å². The summed E-state index contributed by atoms with van der Waals surface area (Å²) in [5, 5.41) is 3.37. The van der Waals surface area contributed by atoms with Crippen molar-refractivity contribution in [3.63, 3.8) is 0 Å². The number of benzene rings is 1. The van der Waals surface area contributed by atoms with E-state index in [-0.39, 0.29) is 36.4 Å². The van der Waals surface area contributed by atoms with E-state index < -0.39 is 0 Å². The quantitative estimate of drug-likeness (QED) is 0.376. The van der Waals surface area contributed by atoms with Crippen LogP contribution in [0.5, 0.6) is 5.75 Å². The average Bonchev–Trinajstić information content (AvgIpc) is 2.68. The Morgan fingerprint density at radius 3 is 2.48 bits per heavy atom. The van der Waals surface area contributed by atoms with Crippen LogP contribution in [0.2, 0.25) is 0 Å². The van der Waals surface area contributed by atoms with Crippen LogP contribution in [0.1, 0.15) is 13.3 Å². The molecule has 1 N–H and O–H groups in total. The molecule has 1 saturated heterocycles. The van der Waals surface area contributed by atoms with Crippen LogP contribution in [0.15, 0.2) is 29.3 Å². The molecule has 1 aliphatic heterocycles. The summed E-state index contributed by atoms with van der Waals surface area (Å²) in [5.41, 5.74) is 1.12. The Hall–Kier alpha value is -1.71. The zero-order valence-electron chi connectivity index (χ0n) is 16.8. The molecule has 0 bridgehead atoms.